The molecule has 2 aromatic rings. The first-order chi connectivity index (χ1) is 10.5. The van der Waals surface area contributed by atoms with Crippen LogP contribution in [-0.2, 0) is 4.79 Å². The first-order valence-electron chi connectivity index (χ1n) is 6.65. The molecule has 5 heteroatoms. The number of benzene rings is 2. The summed E-state index contributed by atoms with van der Waals surface area (Å²) in [7, 11) is 0. The van der Waals surface area contributed by atoms with E-state index in [4.69, 9.17) is 23.2 Å². The van der Waals surface area contributed by atoms with Crippen molar-refractivity contribution in [3.63, 3.8) is 0 Å². The zero-order valence-corrected chi connectivity index (χ0v) is 13.3. The summed E-state index contributed by atoms with van der Waals surface area (Å²) in [4.78, 5) is 11.9. The summed E-state index contributed by atoms with van der Waals surface area (Å²) in [6, 6.07) is 10.8. The molecule has 2 nitrogen and oxygen atoms in total. The lowest BCUT2D eigenvalue weighted by atomic mass is 10.1. The van der Waals surface area contributed by atoms with Crippen LogP contribution >= 0.6 is 23.2 Å². The van der Waals surface area contributed by atoms with Crippen molar-refractivity contribution in [2.24, 2.45) is 0 Å². The second kappa shape index (κ2) is 7.43. The van der Waals surface area contributed by atoms with Gasteiger partial charge < -0.3 is 5.32 Å². The molecule has 0 saturated heterocycles. The van der Waals surface area contributed by atoms with Gasteiger partial charge in [-0.05, 0) is 48.4 Å². The Morgan fingerprint density at radius 2 is 1.86 bits per heavy atom. The van der Waals surface area contributed by atoms with Crippen LogP contribution in [0.25, 0.3) is 6.08 Å². The van der Waals surface area contributed by atoms with Gasteiger partial charge in [-0.25, -0.2) is 4.39 Å². The molecular weight excluding hydrogens is 324 g/mol. The predicted molar refractivity (Wildman–Crippen MR) is 88.5 cm³/mol. The molecule has 1 atom stereocenters. The van der Waals surface area contributed by atoms with Crippen LogP contribution < -0.4 is 5.32 Å². The molecule has 2 aromatic carbocycles. The highest BCUT2D eigenvalue weighted by Crippen LogP contribution is 2.22. The Morgan fingerprint density at radius 1 is 1.18 bits per heavy atom. The van der Waals surface area contributed by atoms with Crippen molar-refractivity contribution in [1.29, 1.82) is 0 Å². The third-order valence-corrected chi connectivity index (χ3v) is 3.67. The fourth-order valence-corrected chi connectivity index (χ4v) is 2.37. The van der Waals surface area contributed by atoms with Gasteiger partial charge in [0.15, 0.2) is 0 Å². The van der Waals surface area contributed by atoms with Gasteiger partial charge in [0.05, 0.1) is 6.04 Å². The number of carbonyl (C=O) groups excluding carboxylic acids is 1. The van der Waals surface area contributed by atoms with E-state index in [1.54, 1.807) is 36.4 Å². The smallest absolute Gasteiger partial charge is 0.244 e. The van der Waals surface area contributed by atoms with Crippen molar-refractivity contribution in [3.8, 4) is 0 Å². The van der Waals surface area contributed by atoms with Gasteiger partial charge in [-0.2, -0.15) is 0 Å². The van der Waals surface area contributed by atoms with E-state index in [1.165, 1.54) is 18.2 Å². The first kappa shape index (κ1) is 16.5. The number of hydrogen-bond donors (Lipinski definition) is 1. The standard InChI is InChI=1S/C17H14Cl2FNO/c1-11(12-3-7-15(20)8-4-12)21-17(22)9-5-13-2-6-14(18)10-16(13)19/h2-11H,1H3,(H,21,22)/b9-5+/t11-/m0/s1. The number of hydrogen-bond acceptors (Lipinski definition) is 1. The van der Waals surface area contributed by atoms with Gasteiger partial charge in [0.25, 0.3) is 0 Å². The maximum absolute atomic E-state index is 12.9. The van der Waals surface area contributed by atoms with E-state index < -0.39 is 0 Å². The van der Waals surface area contributed by atoms with E-state index in [1.807, 2.05) is 6.92 Å². The summed E-state index contributed by atoms with van der Waals surface area (Å²) in [6.45, 7) is 1.83. The van der Waals surface area contributed by atoms with E-state index in [9.17, 15) is 9.18 Å². The van der Waals surface area contributed by atoms with E-state index in [-0.39, 0.29) is 17.8 Å². The highest BCUT2D eigenvalue weighted by Gasteiger charge is 2.07. The number of nitrogens with one attached hydrogen (secondary N) is 1. The van der Waals surface area contributed by atoms with Gasteiger partial charge >= 0.3 is 0 Å². The molecule has 114 valence electrons. The minimum Gasteiger partial charge on any atom is -0.346 e. The van der Waals surface area contributed by atoms with Crippen molar-refractivity contribution >= 4 is 35.2 Å². The van der Waals surface area contributed by atoms with E-state index >= 15 is 0 Å². The molecule has 2 rings (SSSR count). The average Bonchev–Trinajstić information content (AvgIpc) is 2.47. The van der Waals surface area contributed by atoms with E-state index in [2.05, 4.69) is 5.32 Å². The topological polar surface area (TPSA) is 29.1 Å². The van der Waals surface area contributed by atoms with Gasteiger partial charge in [0, 0.05) is 16.1 Å². The summed E-state index contributed by atoms with van der Waals surface area (Å²) in [5.41, 5.74) is 1.53. The summed E-state index contributed by atoms with van der Waals surface area (Å²) in [5.74, 6) is -0.567. The normalized spacial score (nSPS) is 12.4. The van der Waals surface area contributed by atoms with Crippen LogP contribution in [0.3, 0.4) is 0 Å². The number of halogens is 3. The maximum atomic E-state index is 12.9. The van der Waals surface area contributed by atoms with Crippen molar-refractivity contribution in [2.45, 2.75) is 13.0 Å². The maximum Gasteiger partial charge on any atom is 0.244 e. The van der Waals surface area contributed by atoms with Gasteiger partial charge in [0.1, 0.15) is 5.82 Å². The Hall–Kier alpha value is -1.84. The molecule has 1 N–H and O–H groups in total. The van der Waals surface area contributed by atoms with Gasteiger partial charge in [-0.15, -0.1) is 0 Å². The molecular formula is C17H14Cl2FNO. The molecule has 22 heavy (non-hydrogen) atoms. The van der Waals surface area contributed by atoms with E-state index in [0.29, 0.717) is 15.6 Å². The van der Waals surface area contributed by atoms with Crippen LogP contribution in [0, 0.1) is 5.82 Å². The summed E-state index contributed by atoms with van der Waals surface area (Å²) < 4.78 is 12.9. The minimum atomic E-state index is -0.306. The Labute approximate surface area is 138 Å². The lowest BCUT2D eigenvalue weighted by molar-refractivity contribution is -0.117. The van der Waals surface area contributed by atoms with Crippen LogP contribution in [-0.4, -0.2) is 5.91 Å². The molecule has 0 aromatic heterocycles. The molecule has 0 heterocycles. The monoisotopic (exact) mass is 337 g/mol. The van der Waals surface area contributed by atoms with Crippen LogP contribution in [0.1, 0.15) is 24.1 Å². The zero-order valence-electron chi connectivity index (χ0n) is 11.8. The van der Waals surface area contributed by atoms with Crippen LogP contribution in [0.5, 0.6) is 0 Å². The van der Waals surface area contributed by atoms with Crippen LogP contribution in [0.4, 0.5) is 4.39 Å². The number of rotatable bonds is 4. The molecule has 0 aliphatic rings. The molecule has 0 spiro atoms. The third kappa shape index (κ3) is 4.58. The Balaban J connectivity index is 2.00. The molecule has 0 aliphatic carbocycles. The minimum absolute atomic E-state index is 0.224. The third-order valence-electron chi connectivity index (χ3n) is 3.11. The first-order valence-corrected chi connectivity index (χ1v) is 7.40. The molecule has 0 bridgehead atoms. The van der Waals surface area contributed by atoms with Crippen molar-refractivity contribution in [1.82, 2.24) is 5.32 Å². The molecule has 0 radical (unpaired) electrons. The molecule has 0 aliphatic heterocycles. The highest BCUT2D eigenvalue weighted by molar-refractivity contribution is 6.35. The fourth-order valence-electron chi connectivity index (χ4n) is 1.90. The second-order valence-electron chi connectivity index (χ2n) is 4.78. The summed E-state index contributed by atoms with van der Waals surface area (Å²) in [5, 5.41) is 3.81. The van der Waals surface area contributed by atoms with E-state index in [0.717, 1.165) is 5.56 Å². The van der Waals surface area contributed by atoms with Crippen molar-refractivity contribution in [2.75, 3.05) is 0 Å². The molecule has 0 fully saturated rings. The van der Waals surface area contributed by atoms with Crippen LogP contribution in [0.2, 0.25) is 10.0 Å². The van der Waals surface area contributed by atoms with Crippen molar-refractivity contribution < 1.29 is 9.18 Å². The Morgan fingerprint density at radius 3 is 2.50 bits per heavy atom. The second-order valence-corrected chi connectivity index (χ2v) is 5.62. The van der Waals surface area contributed by atoms with Gasteiger partial charge in [0.2, 0.25) is 5.91 Å². The average molecular weight is 338 g/mol. The lowest BCUT2D eigenvalue weighted by Gasteiger charge is -2.12. The molecule has 0 saturated carbocycles. The molecule has 1 amide bonds. The summed E-state index contributed by atoms with van der Waals surface area (Å²) >= 11 is 11.8. The van der Waals surface area contributed by atoms with Gasteiger partial charge in [-0.3, -0.25) is 4.79 Å². The predicted octanol–water partition coefficient (Wildman–Crippen LogP) is 5.02. The van der Waals surface area contributed by atoms with Crippen LogP contribution in [0.15, 0.2) is 48.5 Å². The van der Waals surface area contributed by atoms with Crippen molar-refractivity contribution in [3.05, 3.63) is 75.5 Å². The number of amides is 1. The quantitative estimate of drug-likeness (QED) is 0.779. The SMILES string of the molecule is C[C@H](NC(=O)/C=C/c1ccc(Cl)cc1Cl)c1ccc(F)cc1. The highest BCUT2D eigenvalue weighted by atomic mass is 35.5. The Kier molecular flexibility index (Phi) is 5.58. The largest absolute Gasteiger partial charge is 0.346 e. The summed E-state index contributed by atoms with van der Waals surface area (Å²) in [6.07, 6.45) is 3.01. The zero-order chi connectivity index (χ0) is 16.1. The fraction of sp³-hybridized carbons (Fsp3) is 0.118. The Bertz CT molecular complexity index is 698. The number of carbonyl (C=O) groups is 1. The molecule has 0 unspecified atom stereocenters. The van der Waals surface area contributed by atoms with Gasteiger partial charge in [-0.1, -0.05) is 41.4 Å². The lowest BCUT2D eigenvalue weighted by Crippen LogP contribution is -2.24.